The minimum Gasteiger partial charge on any atom is -0.497 e. The van der Waals surface area contributed by atoms with Gasteiger partial charge in [0.05, 0.1) is 19.1 Å². The average molecular weight is 413 g/mol. The third kappa shape index (κ3) is 4.93. The first-order valence-corrected chi connectivity index (χ1v) is 10.4. The third-order valence-electron chi connectivity index (χ3n) is 4.62. The van der Waals surface area contributed by atoms with E-state index in [1.165, 1.54) is 35.6 Å². The maximum Gasteiger partial charge on any atom is 0.328 e. The first-order chi connectivity index (χ1) is 13.2. The molecule has 1 unspecified atom stereocenters. The Hall–Kier alpha value is -2.33. The van der Waals surface area contributed by atoms with Crippen molar-refractivity contribution in [2.45, 2.75) is 24.8 Å². The highest BCUT2D eigenvalue weighted by Gasteiger charge is 2.32. The van der Waals surface area contributed by atoms with Gasteiger partial charge in [-0.1, -0.05) is 13.8 Å². The van der Waals surface area contributed by atoms with Crippen molar-refractivity contribution in [3.05, 3.63) is 24.3 Å². The molecule has 2 rings (SSSR count). The molecule has 0 spiro atoms. The fourth-order valence-corrected chi connectivity index (χ4v) is 4.30. The van der Waals surface area contributed by atoms with Gasteiger partial charge in [0.25, 0.3) is 0 Å². The number of rotatable bonds is 6. The van der Waals surface area contributed by atoms with Crippen molar-refractivity contribution >= 4 is 22.0 Å². The van der Waals surface area contributed by atoms with Crippen LogP contribution in [-0.4, -0.2) is 76.1 Å². The number of piperazine rings is 1. The molecule has 0 aliphatic carbocycles. The van der Waals surface area contributed by atoms with E-state index in [2.05, 4.69) is 5.32 Å². The molecule has 1 atom stereocenters. The summed E-state index contributed by atoms with van der Waals surface area (Å²) in [7, 11) is -0.863. The van der Waals surface area contributed by atoms with Crippen molar-refractivity contribution in [1.82, 2.24) is 14.5 Å². The van der Waals surface area contributed by atoms with Gasteiger partial charge in [-0.25, -0.2) is 18.0 Å². The first kappa shape index (κ1) is 22.0. The topological polar surface area (TPSA) is 105 Å². The second-order valence-electron chi connectivity index (χ2n) is 6.76. The van der Waals surface area contributed by atoms with Crippen LogP contribution >= 0.6 is 0 Å². The highest BCUT2D eigenvalue weighted by molar-refractivity contribution is 7.89. The smallest absolute Gasteiger partial charge is 0.328 e. The van der Waals surface area contributed by atoms with Gasteiger partial charge in [0.2, 0.25) is 10.0 Å². The van der Waals surface area contributed by atoms with Gasteiger partial charge in [0.15, 0.2) is 0 Å². The molecule has 1 saturated heterocycles. The van der Waals surface area contributed by atoms with E-state index in [1.54, 1.807) is 26.0 Å². The molecule has 1 aromatic rings. The summed E-state index contributed by atoms with van der Waals surface area (Å²) in [5, 5.41) is 2.67. The molecule has 1 fully saturated rings. The molecule has 0 bridgehead atoms. The summed E-state index contributed by atoms with van der Waals surface area (Å²) in [5.74, 6) is -0.0667. The summed E-state index contributed by atoms with van der Waals surface area (Å²) in [6.45, 7) is 4.42. The van der Waals surface area contributed by atoms with Crippen LogP contribution in [0, 0.1) is 5.92 Å². The van der Waals surface area contributed by atoms with Crippen molar-refractivity contribution < 1.29 is 27.5 Å². The van der Waals surface area contributed by atoms with E-state index in [0.29, 0.717) is 5.75 Å². The number of amides is 2. The Labute approximate surface area is 165 Å². The van der Waals surface area contributed by atoms with Crippen molar-refractivity contribution in [2.24, 2.45) is 5.92 Å². The van der Waals surface area contributed by atoms with Crippen LogP contribution in [0.25, 0.3) is 0 Å². The molecule has 10 heteroatoms. The Morgan fingerprint density at radius 2 is 1.61 bits per heavy atom. The zero-order chi connectivity index (χ0) is 20.9. The molecule has 0 aromatic heterocycles. The standard InChI is InChI=1S/C18H27N3O6S/c1-13(2)16(17(22)27-4)19-18(23)20-9-11-21(12-10-20)28(24,25)15-7-5-14(26-3)6-8-15/h5-8,13,16H,9-12H2,1-4H3,(H,19,23). The van der Waals surface area contributed by atoms with Gasteiger partial charge >= 0.3 is 12.0 Å². The minimum absolute atomic E-state index is 0.131. The van der Waals surface area contributed by atoms with E-state index in [1.807, 2.05) is 0 Å². The zero-order valence-electron chi connectivity index (χ0n) is 16.5. The summed E-state index contributed by atoms with van der Waals surface area (Å²) in [5.41, 5.74) is 0. The lowest BCUT2D eigenvalue weighted by molar-refractivity contribution is -0.144. The van der Waals surface area contributed by atoms with E-state index in [-0.39, 0.29) is 37.0 Å². The number of nitrogens with one attached hydrogen (secondary N) is 1. The molecule has 0 saturated carbocycles. The summed E-state index contributed by atoms with van der Waals surface area (Å²) in [4.78, 5) is 25.9. The lowest BCUT2D eigenvalue weighted by Crippen LogP contribution is -2.56. The molecule has 28 heavy (non-hydrogen) atoms. The van der Waals surface area contributed by atoms with Crippen LogP contribution in [0.5, 0.6) is 5.75 Å². The molecule has 1 aliphatic heterocycles. The Balaban J connectivity index is 1.99. The summed E-state index contributed by atoms with van der Waals surface area (Å²) in [6, 6.07) is 5.02. The van der Waals surface area contributed by atoms with Gasteiger partial charge in [-0.3, -0.25) is 0 Å². The van der Waals surface area contributed by atoms with Gasteiger partial charge in [0.1, 0.15) is 11.8 Å². The van der Waals surface area contributed by atoms with Crippen molar-refractivity contribution in [2.75, 3.05) is 40.4 Å². The van der Waals surface area contributed by atoms with Gasteiger partial charge in [-0.2, -0.15) is 4.31 Å². The van der Waals surface area contributed by atoms with Gasteiger partial charge in [-0.05, 0) is 30.2 Å². The molecule has 1 aliphatic rings. The van der Waals surface area contributed by atoms with Crippen molar-refractivity contribution in [1.29, 1.82) is 0 Å². The number of methoxy groups -OCH3 is 2. The quantitative estimate of drug-likeness (QED) is 0.695. The Morgan fingerprint density at radius 1 is 1.04 bits per heavy atom. The molecule has 156 valence electrons. The van der Waals surface area contributed by atoms with Gasteiger partial charge < -0.3 is 19.7 Å². The van der Waals surface area contributed by atoms with Gasteiger partial charge in [0, 0.05) is 26.2 Å². The van der Waals surface area contributed by atoms with E-state index < -0.39 is 28.1 Å². The number of urea groups is 1. The summed E-state index contributed by atoms with van der Waals surface area (Å²) in [6.07, 6.45) is 0. The van der Waals surface area contributed by atoms with E-state index >= 15 is 0 Å². The number of benzene rings is 1. The molecule has 1 N–H and O–H groups in total. The second-order valence-corrected chi connectivity index (χ2v) is 8.70. The van der Waals surface area contributed by atoms with Crippen molar-refractivity contribution in [3.63, 3.8) is 0 Å². The van der Waals surface area contributed by atoms with E-state index in [9.17, 15) is 18.0 Å². The van der Waals surface area contributed by atoms with Crippen LogP contribution in [-0.2, 0) is 19.6 Å². The number of hydrogen-bond acceptors (Lipinski definition) is 6. The van der Waals surface area contributed by atoms with E-state index in [4.69, 9.17) is 9.47 Å². The van der Waals surface area contributed by atoms with Crippen LogP contribution in [0.4, 0.5) is 4.79 Å². The Bertz CT molecular complexity index is 786. The number of sulfonamides is 1. The maximum absolute atomic E-state index is 12.8. The number of esters is 1. The molecule has 1 aromatic carbocycles. The van der Waals surface area contributed by atoms with Crippen LogP contribution in [0.2, 0.25) is 0 Å². The normalized spacial score (nSPS) is 16.5. The van der Waals surface area contributed by atoms with Crippen LogP contribution < -0.4 is 10.1 Å². The monoisotopic (exact) mass is 413 g/mol. The molecule has 9 nitrogen and oxygen atoms in total. The molecule has 2 amide bonds. The number of carbonyl (C=O) groups excluding carboxylic acids is 2. The fourth-order valence-electron chi connectivity index (χ4n) is 2.88. The lowest BCUT2D eigenvalue weighted by atomic mass is 10.1. The minimum atomic E-state index is -3.64. The lowest BCUT2D eigenvalue weighted by Gasteiger charge is -2.35. The average Bonchev–Trinajstić information content (AvgIpc) is 2.71. The van der Waals surface area contributed by atoms with Crippen LogP contribution in [0.3, 0.4) is 0 Å². The number of ether oxygens (including phenoxy) is 2. The number of hydrogen-bond donors (Lipinski definition) is 1. The number of carbonyl (C=O) groups is 2. The van der Waals surface area contributed by atoms with Crippen molar-refractivity contribution in [3.8, 4) is 5.75 Å². The summed E-state index contributed by atoms with van der Waals surface area (Å²) >= 11 is 0. The molecule has 1 heterocycles. The SMILES string of the molecule is COC(=O)C(NC(=O)N1CCN(S(=O)(=O)c2ccc(OC)cc2)CC1)C(C)C. The largest absolute Gasteiger partial charge is 0.497 e. The maximum atomic E-state index is 12.8. The molecular formula is C18H27N3O6S. The predicted octanol–water partition coefficient (Wildman–Crippen LogP) is 0.909. The number of nitrogens with zero attached hydrogens (tertiary/aromatic N) is 2. The second kappa shape index (κ2) is 9.24. The fraction of sp³-hybridized carbons (Fsp3) is 0.556. The zero-order valence-corrected chi connectivity index (χ0v) is 17.4. The highest BCUT2D eigenvalue weighted by atomic mass is 32.2. The van der Waals surface area contributed by atoms with Crippen LogP contribution in [0.1, 0.15) is 13.8 Å². The first-order valence-electron chi connectivity index (χ1n) is 8.98. The Morgan fingerprint density at radius 3 is 2.07 bits per heavy atom. The summed E-state index contributed by atoms with van der Waals surface area (Å²) < 4.78 is 36.6. The third-order valence-corrected chi connectivity index (χ3v) is 6.54. The van der Waals surface area contributed by atoms with E-state index in [0.717, 1.165) is 0 Å². The Kier molecular flexibility index (Phi) is 7.25. The predicted molar refractivity (Wildman–Crippen MR) is 102 cm³/mol. The van der Waals surface area contributed by atoms with Gasteiger partial charge in [-0.15, -0.1) is 0 Å². The molecule has 0 radical (unpaired) electrons. The van der Waals surface area contributed by atoms with Crippen LogP contribution in [0.15, 0.2) is 29.2 Å². The molecular weight excluding hydrogens is 386 g/mol. The highest BCUT2D eigenvalue weighted by Crippen LogP contribution is 2.20.